The zero-order valence-corrected chi connectivity index (χ0v) is 12.1. The van der Waals surface area contributed by atoms with Crippen LogP contribution in [0.2, 0.25) is 0 Å². The van der Waals surface area contributed by atoms with Gasteiger partial charge in [0.15, 0.2) is 0 Å². The summed E-state index contributed by atoms with van der Waals surface area (Å²) in [4.78, 5) is 25.0. The van der Waals surface area contributed by atoms with E-state index in [1.165, 1.54) is 0 Å². The minimum Gasteiger partial charge on any atom is -0.481 e. The molecule has 114 valence electrons. The molecule has 1 saturated heterocycles. The quantitative estimate of drug-likeness (QED) is 0.768. The number of benzene rings is 1. The number of carbonyl (C=O) groups is 2. The van der Waals surface area contributed by atoms with Crippen LogP contribution in [-0.2, 0) is 11.2 Å². The molecule has 1 aromatic carbocycles. The van der Waals surface area contributed by atoms with Gasteiger partial charge < -0.3 is 20.6 Å². The fraction of sp³-hybridized carbons (Fsp3) is 0.467. The second-order valence-electron chi connectivity index (χ2n) is 5.34. The third-order valence-corrected chi connectivity index (χ3v) is 3.78. The fourth-order valence-corrected chi connectivity index (χ4v) is 2.57. The third-order valence-electron chi connectivity index (χ3n) is 3.78. The first-order chi connectivity index (χ1) is 10.1. The van der Waals surface area contributed by atoms with Gasteiger partial charge in [-0.25, -0.2) is 4.79 Å². The topological polar surface area (TPSA) is 81.7 Å². The van der Waals surface area contributed by atoms with E-state index < -0.39 is 5.97 Å². The molecule has 1 atom stereocenters. The number of anilines is 1. The Balaban J connectivity index is 1.89. The smallest absolute Gasteiger partial charge is 0.319 e. The molecule has 0 saturated carbocycles. The summed E-state index contributed by atoms with van der Waals surface area (Å²) in [6.07, 6.45) is 2.14. The number of hydrogen-bond donors (Lipinski definition) is 3. The summed E-state index contributed by atoms with van der Waals surface area (Å²) >= 11 is 0. The molecule has 0 spiro atoms. The Bertz CT molecular complexity index is 519. The van der Waals surface area contributed by atoms with Crippen LogP contribution in [-0.4, -0.2) is 48.2 Å². The molecule has 2 amide bonds. The third kappa shape index (κ3) is 4.46. The minimum atomic E-state index is -0.919. The SMILES string of the molecule is CN1CCCC1CNC(=O)Nc1ccccc1CC(=O)O. The predicted molar refractivity (Wildman–Crippen MR) is 80.5 cm³/mol. The van der Waals surface area contributed by atoms with E-state index in [0.717, 1.165) is 19.4 Å². The Kier molecular flexibility index (Phi) is 5.16. The number of hydrogen-bond acceptors (Lipinski definition) is 3. The van der Waals surface area contributed by atoms with Crippen LogP contribution in [0.1, 0.15) is 18.4 Å². The van der Waals surface area contributed by atoms with Crippen molar-refractivity contribution in [2.24, 2.45) is 0 Å². The van der Waals surface area contributed by atoms with E-state index in [2.05, 4.69) is 22.6 Å². The van der Waals surface area contributed by atoms with Gasteiger partial charge >= 0.3 is 12.0 Å². The summed E-state index contributed by atoms with van der Waals surface area (Å²) in [7, 11) is 2.05. The molecule has 0 radical (unpaired) electrons. The van der Waals surface area contributed by atoms with E-state index in [1.807, 2.05) is 0 Å². The molecule has 1 aliphatic rings. The Labute approximate surface area is 124 Å². The molecule has 21 heavy (non-hydrogen) atoms. The number of likely N-dealkylation sites (tertiary alicyclic amines) is 1. The second-order valence-corrected chi connectivity index (χ2v) is 5.34. The largest absolute Gasteiger partial charge is 0.481 e. The Hall–Kier alpha value is -2.08. The molecule has 1 heterocycles. The summed E-state index contributed by atoms with van der Waals surface area (Å²) in [6, 6.07) is 7.02. The maximum absolute atomic E-state index is 11.9. The van der Waals surface area contributed by atoms with Crippen LogP contribution in [0.15, 0.2) is 24.3 Å². The van der Waals surface area contributed by atoms with E-state index in [1.54, 1.807) is 24.3 Å². The number of likely N-dealkylation sites (N-methyl/N-ethyl adjacent to an activating group) is 1. The lowest BCUT2D eigenvalue weighted by Crippen LogP contribution is -2.40. The molecule has 6 nitrogen and oxygen atoms in total. The van der Waals surface area contributed by atoms with Crippen molar-refractivity contribution in [3.8, 4) is 0 Å². The Morgan fingerprint density at radius 1 is 1.38 bits per heavy atom. The molecule has 0 aliphatic carbocycles. The summed E-state index contributed by atoms with van der Waals surface area (Å²) in [5.41, 5.74) is 1.13. The lowest BCUT2D eigenvalue weighted by atomic mass is 10.1. The zero-order chi connectivity index (χ0) is 15.2. The van der Waals surface area contributed by atoms with Gasteiger partial charge in [-0.2, -0.15) is 0 Å². The van der Waals surface area contributed by atoms with Crippen LogP contribution in [0.4, 0.5) is 10.5 Å². The van der Waals surface area contributed by atoms with Gasteiger partial charge in [-0.1, -0.05) is 18.2 Å². The molecule has 0 aromatic heterocycles. The predicted octanol–water partition coefficient (Wildman–Crippen LogP) is 1.53. The van der Waals surface area contributed by atoms with Gasteiger partial charge in [0.05, 0.1) is 6.42 Å². The van der Waals surface area contributed by atoms with E-state index in [9.17, 15) is 9.59 Å². The van der Waals surface area contributed by atoms with Crippen molar-refractivity contribution in [1.29, 1.82) is 0 Å². The summed E-state index contributed by atoms with van der Waals surface area (Å²) in [5, 5.41) is 14.4. The van der Waals surface area contributed by atoms with Gasteiger partial charge in [-0.05, 0) is 38.1 Å². The molecule has 1 fully saturated rings. The summed E-state index contributed by atoms with van der Waals surface area (Å²) < 4.78 is 0. The number of carboxylic acids is 1. The molecule has 1 aromatic rings. The van der Waals surface area contributed by atoms with E-state index >= 15 is 0 Å². The van der Waals surface area contributed by atoms with Gasteiger partial charge in [-0.15, -0.1) is 0 Å². The van der Waals surface area contributed by atoms with E-state index in [-0.39, 0.29) is 12.5 Å². The summed E-state index contributed by atoms with van der Waals surface area (Å²) in [5.74, 6) is -0.919. The zero-order valence-electron chi connectivity index (χ0n) is 12.1. The fourth-order valence-electron chi connectivity index (χ4n) is 2.57. The number of carbonyl (C=O) groups excluding carboxylic acids is 1. The second kappa shape index (κ2) is 7.08. The number of amides is 2. The molecular weight excluding hydrogens is 270 g/mol. The molecule has 1 aliphatic heterocycles. The maximum atomic E-state index is 11.9. The van der Waals surface area contributed by atoms with Crippen LogP contribution >= 0.6 is 0 Å². The highest BCUT2D eigenvalue weighted by molar-refractivity contribution is 5.90. The molecule has 2 rings (SSSR count). The van der Waals surface area contributed by atoms with Crippen molar-refractivity contribution in [3.05, 3.63) is 29.8 Å². The number of rotatable bonds is 5. The number of carboxylic acid groups (broad SMARTS) is 1. The van der Waals surface area contributed by atoms with Crippen LogP contribution < -0.4 is 10.6 Å². The number of nitrogens with zero attached hydrogens (tertiary/aromatic N) is 1. The van der Waals surface area contributed by atoms with Crippen LogP contribution in [0.5, 0.6) is 0 Å². The van der Waals surface area contributed by atoms with Crippen molar-refractivity contribution in [1.82, 2.24) is 10.2 Å². The van der Waals surface area contributed by atoms with Crippen LogP contribution in [0.25, 0.3) is 0 Å². The lowest BCUT2D eigenvalue weighted by molar-refractivity contribution is -0.136. The Morgan fingerprint density at radius 2 is 2.14 bits per heavy atom. The average Bonchev–Trinajstić information content (AvgIpc) is 2.84. The highest BCUT2D eigenvalue weighted by Crippen LogP contribution is 2.16. The van der Waals surface area contributed by atoms with Crippen molar-refractivity contribution < 1.29 is 14.7 Å². The first-order valence-corrected chi connectivity index (χ1v) is 7.11. The Morgan fingerprint density at radius 3 is 2.81 bits per heavy atom. The number of nitrogens with one attached hydrogen (secondary N) is 2. The van der Waals surface area contributed by atoms with Crippen molar-refractivity contribution >= 4 is 17.7 Å². The van der Waals surface area contributed by atoms with Gasteiger partial charge in [0, 0.05) is 18.3 Å². The summed E-state index contributed by atoms with van der Waals surface area (Å²) in [6.45, 7) is 1.67. The number of aliphatic carboxylic acids is 1. The van der Waals surface area contributed by atoms with Gasteiger partial charge in [-0.3, -0.25) is 4.79 Å². The van der Waals surface area contributed by atoms with Crippen LogP contribution in [0.3, 0.4) is 0 Å². The average molecular weight is 291 g/mol. The molecular formula is C15H21N3O3. The highest BCUT2D eigenvalue weighted by Gasteiger charge is 2.21. The van der Waals surface area contributed by atoms with Gasteiger partial charge in [0.25, 0.3) is 0 Å². The van der Waals surface area contributed by atoms with Gasteiger partial charge in [0.1, 0.15) is 0 Å². The highest BCUT2D eigenvalue weighted by atomic mass is 16.4. The normalized spacial score (nSPS) is 18.4. The minimum absolute atomic E-state index is 0.109. The molecule has 0 bridgehead atoms. The lowest BCUT2D eigenvalue weighted by Gasteiger charge is -2.20. The number of urea groups is 1. The van der Waals surface area contributed by atoms with E-state index in [4.69, 9.17) is 5.11 Å². The molecule has 1 unspecified atom stereocenters. The van der Waals surface area contributed by atoms with Crippen molar-refractivity contribution in [2.75, 3.05) is 25.5 Å². The van der Waals surface area contributed by atoms with Crippen LogP contribution in [0, 0.1) is 0 Å². The first kappa shape index (κ1) is 15.3. The van der Waals surface area contributed by atoms with E-state index in [0.29, 0.717) is 23.8 Å². The van der Waals surface area contributed by atoms with Gasteiger partial charge in [0.2, 0.25) is 0 Å². The maximum Gasteiger partial charge on any atom is 0.319 e. The standard InChI is InChI=1S/C15H21N3O3/c1-18-8-4-6-12(18)10-16-15(21)17-13-7-3-2-5-11(13)9-14(19)20/h2-3,5,7,12H,4,6,8-10H2,1H3,(H,19,20)(H2,16,17,21). The van der Waals surface area contributed by atoms with Crippen molar-refractivity contribution in [3.63, 3.8) is 0 Å². The van der Waals surface area contributed by atoms with Crippen molar-refractivity contribution in [2.45, 2.75) is 25.3 Å². The monoisotopic (exact) mass is 291 g/mol. The first-order valence-electron chi connectivity index (χ1n) is 7.11. The number of para-hydroxylation sites is 1. The molecule has 3 N–H and O–H groups in total. The molecule has 6 heteroatoms.